The Morgan fingerprint density at radius 1 is 1.04 bits per heavy atom. The van der Waals surface area contributed by atoms with Gasteiger partial charge in [-0.05, 0) is 49.9 Å². The monoisotopic (exact) mass is 385 g/mol. The number of carbonyl (C=O) groups is 2. The van der Waals surface area contributed by atoms with E-state index < -0.39 is 23.2 Å². The number of aliphatic hydroxyl groups excluding tert-OH is 1. The van der Waals surface area contributed by atoms with Crippen LogP contribution >= 0.6 is 0 Å². The molecule has 1 unspecified atom stereocenters. The number of rotatable bonds is 7. The summed E-state index contributed by atoms with van der Waals surface area (Å²) < 4.78 is 5.35. The summed E-state index contributed by atoms with van der Waals surface area (Å²) in [4.78, 5) is 25.5. The molecule has 5 heteroatoms. The molecular weight excluding hydrogens is 354 g/mol. The molecule has 0 aromatic heterocycles. The molecule has 0 saturated carbocycles. The number of hydrogen-bond acceptors (Lipinski definition) is 4. The van der Waals surface area contributed by atoms with Gasteiger partial charge in [0.2, 0.25) is 0 Å². The highest BCUT2D eigenvalue weighted by Gasteiger charge is 2.35. The molecule has 2 aromatic carbocycles. The molecule has 0 heterocycles. The first-order valence-electron chi connectivity index (χ1n) is 9.64. The highest BCUT2D eigenvalue weighted by Crippen LogP contribution is 2.25. The molecule has 152 valence electrons. The standard InChI is InChI=1S/C23H31NO4/c1-22(2,3)28-21(27)24-19(20(26)23(4,5)12-13-25)15-16-10-11-17-8-6-7-9-18(17)14-16/h6-11,14,19,25H,12-13,15H2,1-5H3,(H,24,27). The third-order valence-corrected chi connectivity index (χ3v) is 4.66. The Balaban J connectivity index is 2.27. The van der Waals surface area contributed by atoms with E-state index in [9.17, 15) is 14.7 Å². The second-order valence-corrected chi connectivity index (χ2v) is 8.81. The van der Waals surface area contributed by atoms with Crippen LogP contribution in [-0.2, 0) is 16.0 Å². The summed E-state index contributed by atoms with van der Waals surface area (Å²) in [5.74, 6) is -0.124. The summed E-state index contributed by atoms with van der Waals surface area (Å²) in [6.45, 7) is 8.83. The van der Waals surface area contributed by atoms with Gasteiger partial charge in [-0.2, -0.15) is 0 Å². The van der Waals surface area contributed by atoms with E-state index in [1.54, 1.807) is 34.6 Å². The third kappa shape index (κ3) is 6.06. The highest BCUT2D eigenvalue weighted by atomic mass is 16.6. The van der Waals surface area contributed by atoms with Gasteiger partial charge in [0.15, 0.2) is 5.78 Å². The zero-order chi connectivity index (χ0) is 20.9. The molecule has 0 fully saturated rings. The minimum atomic E-state index is -0.759. The van der Waals surface area contributed by atoms with E-state index >= 15 is 0 Å². The average Bonchev–Trinajstić information content (AvgIpc) is 2.58. The van der Waals surface area contributed by atoms with Crippen molar-refractivity contribution in [1.82, 2.24) is 5.32 Å². The molecule has 1 atom stereocenters. The van der Waals surface area contributed by atoms with Gasteiger partial charge in [0, 0.05) is 12.0 Å². The minimum absolute atomic E-state index is 0.0894. The molecule has 0 aliphatic heterocycles. The lowest BCUT2D eigenvalue weighted by Crippen LogP contribution is -2.49. The smallest absolute Gasteiger partial charge is 0.408 e. The number of amides is 1. The van der Waals surface area contributed by atoms with Gasteiger partial charge in [-0.3, -0.25) is 4.79 Å². The Morgan fingerprint density at radius 2 is 1.68 bits per heavy atom. The molecular formula is C23H31NO4. The molecule has 5 nitrogen and oxygen atoms in total. The fourth-order valence-electron chi connectivity index (χ4n) is 3.13. The van der Waals surface area contributed by atoms with Gasteiger partial charge in [0.1, 0.15) is 5.60 Å². The van der Waals surface area contributed by atoms with Gasteiger partial charge in [-0.25, -0.2) is 4.79 Å². The molecule has 0 aliphatic carbocycles. The second kappa shape index (κ2) is 8.74. The number of aliphatic hydroxyl groups is 1. The van der Waals surface area contributed by atoms with Gasteiger partial charge in [0.05, 0.1) is 6.04 Å². The Labute approximate surface area is 167 Å². The van der Waals surface area contributed by atoms with Gasteiger partial charge >= 0.3 is 6.09 Å². The fraction of sp³-hybridized carbons (Fsp3) is 0.478. The summed E-state index contributed by atoms with van der Waals surface area (Å²) in [6, 6.07) is 13.3. The van der Waals surface area contributed by atoms with Crippen molar-refractivity contribution in [3.05, 3.63) is 48.0 Å². The lowest BCUT2D eigenvalue weighted by molar-refractivity contribution is -0.130. The quantitative estimate of drug-likeness (QED) is 0.747. The molecule has 0 aliphatic rings. The Kier molecular flexibility index (Phi) is 6.83. The Hall–Kier alpha value is -2.40. The summed E-state index contributed by atoms with van der Waals surface area (Å²) in [7, 11) is 0. The van der Waals surface area contributed by atoms with Crippen LogP contribution in [-0.4, -0.2) is 35.2 Å². The molecule has 1 amide bonds. The second-order valence-electron chi connectivity index (χ2n) is 8.81. The predicted molar refractivity (Wildman–Crippen MR) is 111 cm³/mol. The topological polar surface area (TPSA) is 75.6 Å². The van der Waals surface area contributed by atoms with Crippen LogP contribution in [0.1, 0.15) is 46.6 Å². The highest BCUT2D eigenvalue weighted by molar-refractivity contribution is 5.92. The molecule has 28 heavy (non-hydrogen) atoms. The van der Waals surface area contributed by atoms with E-state index in [0.29, 0.717) is 12.8 Å². The van der Waals surface area contributed by atoms with Gasteiger partial charge in [0.25, 0.3) is 0 Å². The average molecular weight is 386 g/mol. The lowest BCUT2D eigenvalue weighted by atomic mass is 9.80. The van der Waals surface area contributed by atoms with E-state index in [4.69, 9.17) is 4.74 Å². The first-order valence-corrected chi connectivity index (χ1v) is 9.64. The van der Waals surface area contributed by atoms with Crippen LogP contribution < -0.4 is 5.32 Å². The molecule has 2 aromatic rings. The van der Waals surface area contributed by atoms with Crippen molar-refractivity contribution in [3.8, 4) is 0 Å². The van der Waals surface area contributed by atoms with Crippen LogP contribution in [0.4, 0.5) is 4.79 Å². The largest absolute Gasteiger partial charge is 0.444 e. The number of fused-ring (bicyclic) bond motifs is 1. The third-order valence-electron chi connectivity index (χ3n) is 4.66. The SMILES string of the molecule is CC(C)(C)OC(=O)NC(Cc1ccc2ccccc2c1)C(=O)C(C)(C)CCO. The zero-order valence-corrected chi connectivity index (χ0v) is 17.4. The van der Waals surface area contributed by atoms with Crippen LogP contribution in [0.5, 0.6) is 0 Å². The maximum Gasteiger partial charge on any atom is 0.408 e. The van der Waals surface area contributed by atoms with E-state index in [1.165, 1.54) is 0 Å². The van der Waals surface area contributed by atoms with Crippen LogP contribution in [0, 0.1) is 5.41 Å². The minimum Gasteiger partial charge on any atom is -0.444 e. The summed E-state index contributed by atoms with van der Waals surface area (Å²) in [5.41, 5.74) is -0.458. The molecule has 0 saturated heterocycles. The van der Waals surface area contributed by atoms with Gasteiger partial charge < -0.3 is 15.2 Å². The van der Waals surface area contributed by atoms with Crippen molar-refractivity contribution < 1.29 is 19.4 Å². The van der Waals surface area contributed by atoms with Gasteiger partial charge in [-0.1, -0.05) is 56.3 Å². The normalized spacial score (nSPS) is 13.2. The maximum absolute atomic E-state index is 13.1. The number of benzene rings is 2. The van der Waals surface area contributed by atoms with E-state index in [-0.39, 0.29) is 12.4 Å². The summed E-state index contributed by atoms with van der Waals surface area (Å²) in [5, 5.41) is 14.3. The molecule has 0 spiro atoms. The first-order chi connectivity index (χ1) is 13.0. The van der Waals surface area contributed by atoms with Crippen molar-refractivity contribution in [3.63, 3.8) is 0 Å². The molecule has 2 rings (SSSR count). The lowest BCUT2D eigenvalue weighted by Gasteiger charge is -2.29. The summed E-state index contributed by atoms with van der Waals surface area (Å²) in [6.07, 6.45) is 0.0693. The fourth-order valence-corrected chi connectivity index (χ4v) is 3.13. The number of ether oxygens (including phenoxy) is 1. The molecule has 0 radical (unpaired) electrons. The number of carbonyl (C=O) groups excluding carboxylic acids is 2. The van der Waals surface area contributed by atoms with Crippen molar-refractivity contribution in [1.29, 1.82) is 0 Å². The number of hydrogen-bond donors (Lipinski definition) is 2. The Morgan fingerprint density at radius 3 is 2.29 bits per heavy atom. The van der Waals surface area contributed by atoms with E-state index in [0.717, 1.165) is 16.3 Å². The first kappa shape index (κ1) is 21.9. The number of ketones is 1. The number of Topliss-reactive ketones (excluding diaryl/α,β-unsaturated/α-hetero) is 1. The van der Waals surface area contributed by atoms with Crippen molar-refractivity contribution in [2.24, 2.45) is 5.41 Å². The van der Waals surface area contributed by atoms with Crippen LogP contribution in [0.2, 0.25) is 0 Å². The predicted octanol–water partition coefficient (Wildman–Crippen LogP) is 4.25. The van der Waals surface area contributed by atoms with Crippen LogP contribution in [0.15, 0.2) is 42.5 Å². The van der Waals surface area contributed by atoms with Crippen molar-refractivity contribution in [2.75, 3.05) is 6.61 Å². The number of nitrogens with one attached hydrogen (secondary N) is 1. The van der Waals surface area contributed by atoms with Crippen LogP contribution in [0.25, 0.3) is 10.8 Å². The summed E-state index contributed by atoms with van der Waals surface area (Å²) >= 11 is 0. The van der Waals surface area contributed by atoms with Crippen LogP contribution in [0.3, 0.4) is 0 Å². The Bertz CT molecular complexity index is 836. The molecule has 2 N–H and O–H groups in total. The van der Waals surface area contributed by atoms with Crippen molar-refractivity contribution in [2.45, 2.75) is 59.1 Å². The molecule has 0 bridgehead atoms. The van der Waals surface area contributed by atoms with Gasteiger partial charge in [-0.15, -0.1) is 0 Å². The zero-order valence-electron chi connectivity index (χ0n) is 17.4. The van der Waals surface area contributed by atoms with E-state index in [2.05, 4.69) is 5.32 Å². The van der Waals surface area contributed by atoms with E-state index in [1.807, 2.05) is 42.5 Å². The maximum atomic E-state index is 13.1. The van der Waals surface area contributed by atoms with Crippen molar-refractivity contribution >= 4 is 22.6 Å². The number of alkyl carbamates (subject to hydrolysis) is 1.